The van der Waals surface area contributed by atoms with Crippen LogP contribution in [0.5, 0.6) is 0 Å². The molecule has 0 bridgehead atoms. The van der Waals surface area contributed by atoms with Gasteiger partial charge < -0.3 is 10.1 Å². The normalized spacial score (nSPS) is 17.4. The minimum atomic E-state index is -0.528. The standard InChI is InChI=1S/C19H19BFN5O2/c21-16-11-23-18(24-14-4-6-20(12-22)7-5-14)25-17(16)13-2-1-3-15(10-13)26-8-9-28-19(26)27/h1-3,10-11,14H,4-9H2,(H,23,24,25). The van der Waals surface area contributed by atoms with Crippen LogP contribution in [0.3, 0.4) is 0 Å². The van der Waals surface area contributed by atoms with Gasteiger partial charge >= 0.3 is 6.09 Å². The number of cyclic esters (lactones) is 1. The van der Waals surface area contributed by atoms with Crippen molar-refractivity contribution < 1.29 is 13.9 Å². The van der Waals surface area contributed by atoms with Gasteiger partial charge in [-0.05, 0) is 25.0 Å². The summed E-state index contributed by atoms with van der Waals surface area (Å²) in [4.78, 5) is 21.7. The largest absolute Gasteiger partial charge is 0.447 e. The number of nitriles is 1. The van der Waals surface area contributed by atoms with Crippen molar-refractivity contribution in [2.45, 2.75) is 31.5 Å². The Morgan fingerprint density at radius 1 is 1.36 bits per heavy atom. The van der Waals surface area contributed by atoms with Crippen molar-refractivity contribution in [3.63, 3.8) is 0 Å². The molecule has 2 aliphatic rings. The van der Waals surface area contributed by atoms with Crippen molar-refractivity contribution in [1.82, 2.24) is 9.97 Å². The zero-order chi connectivity index (χ0) is 19.5. The zero-order valence-electron chi connectivity index (χ0n) is 15.3. The number of hydrogen-bond donors (Lipinski definition) is 1. The van der Waals surface area contributed by atoms with Gasteiger partial charge in [-0.1, -0.05) is 24.8 Å². The molecule has 1 amide bonds. The highest BCUT2D eigenvalue weighted by atomic mass is 19.1. The van der Waals surface area contributed by atoms with Crippen molar-refractivity contribution in [3.8, 4) is 17.2 Å². The van der Waals surface area contributed by atoms with E-state index in [4.69, 9.17) is 10.00 Å². The minimum Gasteiger partial charge on any atom is -0.447 e. The quantitative estimate of drug-likeness (QED) is 0.819. The third kappa shape index (κ3) is 3.76. The van der Waals surface area contributed by atoms with Crippen LogP contribution in [0.4, 0.5) is 20.8 Å². The maximum Gasteiger partial charge on any atom is 0.414 e. The lowest BCUT2D eigenvalue weighted by molar-refractivity contribution is 0.181. The molecule has 0 aliphatic carbocycles. The molecule has 4 rings (SSSR count). The SMILES string of the molecule is N#CB1CCC(Nc2ncc(F)c(-c3cccc(N4CCOC4=O)c3)n2)CC1. The van der Waals surface area contributed by atoms with Gasteiger partial charge in [0.1, 0.15) is 12.3 Å². The Morgan fingerprint density at radius 2 is 2.18 bits per heavy atom. The summed E-state index contributed by atoms with van der Waals surface area (Å²) in [5, 5.41) is 12.3. The maximum absolute atomic E-state index is 14.4. The lowest BCUT2D eigenvalue weighted by atomic mass is 9.42. The smallest absolute Gasteiger partial charge is 0.414 e. The molecule has 0 radical (unpaired) electrons. The van der Waals surface area contributed by atoms with Gasteiger partial charge in [0.15, 0.2) is 5.82 Å². The minimum absolute atomic E-state index is 0.114. The first-order chi connectivity index (χ1) is 13.6. The molecule has 2 saturated heterocycles. The topological polar surface area (TPSA) is 91.1 Å². The van der Waals surface area contributed by atoms with E-state index in [-0.39, 0.29) is 18.4 Å². The monoisotopic (exact) mass is 379 g/mol. The molecule has 2 fully saturated rings. The van der Waals surface area contributed by atoms with E-state index in [2.05, 4.69) is 21.3 Å². The third-order valence-corrected chi connectivity index (χ3v) is 5.18. The molecule has 0 unspecified atom stereocenters. The number of anilines is 2. The van der Waals surface area contributed by atoms with E-state index in [0.29, 0.717) is 30.4 Å². The summed E-state index contributed by atoms with van der Waals surface area (Å²) in [6, 6.07) is 7.18. The van der Waals surface area contributed by atoms with Crippen LogP contribution >= 0.6 is 0 Å². The van der Waals surface area contributed by atoms with Gasteiger partial charge in [0.05, 0.1) is 12.7 Å². The average Bonchev–Trinajstić information content (AvgIpc) is 3.16. The molecule has 1 N–H and O–H groups in total. The maximum atomic E-state index is 14.4. The Labute approximate surface area is 162 Å². The van der Waals surface area contributed by atoms with Crippen LogP contribution in [0.15, 0.2) is 30.5 Å². The summed E-state index contributed by atoms with van der Waals surface area (Å²) in [7, 11) is 0. The number of carbonyl (C=O) groups excluding carboxylic acids is 1. The predicted molar refractivity (Wildman–Crippen MR) is 104 cm³/mol. The Morgan fingerprint density at radius 3 is 2.89 bits per heavy atom. The number of rotatable bonds is 4. The van der Waals surface area contributed by atoms with E-state index in [1.165, 1.54) is 4.90 Å². The molecule has 0 spiro atoms. The summed E-state index contributed by atoms with van der Waals surface area (Å²) < 4.78 is 19.4. The van der Waals surface area contributed by atoms with Crippen LogP contribution in [0, 0.1) is 17.0 Å². The lowest BCUT2D eigenvalue weighted by Crippen LogP contribution is -2.29. The first-order valence-electron chi connectivity index (χ1n) is 9.37. The van der Waals surface area contributed by atoms with Crippen molar-refractivity contribution in [1.29, 1.82) is 5.26 Å². The number of carbonyl (C=O) groups is 1. The lowest BCUT2D eigenvalue weighted by Gasteiger charge is -2.24. The molecule has 142 valence electrons. The molecule has 1 aromatic carbocycles. The van der Waals surface area contributed by atoms with Gasteiger partial charge in [-0.15, -0.1) is 0 Å². The van der Waals surface area contributed by atoms with E-state index < -0.39 is 11.9 Å². The van der Waals surface area contributed by atoms with Crippen LogP contribution in [0.2, 0.25) is 12.6 Å². The Kier molecular flexibility index (Phi) is 5.11. The molecule has 2 aromatic rings. The summed E-state index contributed by atoms with van der Waals surface area (Å²) in [6.45, 7) is 0.919. The predicted octanol–water partition coefficient (Wildman–Crippen LogP) is 3.37. The van der Waals surface area contributed by atoms with Gasteiger partial charge in [-0.3, -0.25) is 4.90 Å². The number of halogens is 1. The fourth-order valence-corrected chi connectivity index (χ4v) is 3.64. The van der Waals surface area contributed by atoms with Gasteiger partial charge in [-0.2, -0.15) is 0 Å². The molecular weight excluding hydrogens is 360 g/mol. The molecule has 3 heterocycles. The Hall–Kier alpha value is -3.15. The Balaban J connectivity index is 1.54. The van der Waals surface area contributed by atoms with E-state index in [1.54, 1.807) is 24.3 Å². The van der Waals surface area contributed by atoms with Crippen LogP contribution < -0.4 is 10.2 Å². The fraction of sp³-hybridized carbons (Fsp3) is 0.368. The van der Waals surface area contributed by atoms with Crippen molar-refractivity contribution in [2.24, 2.45) is 0 Å². The van der Waals surface area contributed by atoms with E-state index in [9.17, 15) is 9.18 Å². The van der Waals surface area contributed by atoms with Crippen molar-refractivity contribution in [2.75, 3.05) is 23.4 Å². The van der Waals surface area contributed by atoms with Crippen LogP contribution in [0.25, 0.3) is 11.3 Å². The highest BCUT2D eigenvalue weighted by Crippen LogP contribution is 2.28. The van der Waals surface area contributed by atoms with Gasteiger partial charge in [-0.25, -0.2) is 24.4 Å². The van der Waals surface area contributed by atoms with Crippen LogP contribution in [-0.2, 0) is 4.74 Å². The summed E-state index contributed by atoms with van der Waals surface area (Å²) in [5.74, 6) is 2.15. The van der Waals surface area contributed by atoms with Gasteiger partial charge in [0, 0.05) is 23.3 Å². The zero-order valence-corrected chi connectivity index (χ0v) is 15.3. The Bertz CT molecular complexity index is 927. The number of hydrogen-bond acceptors (Lipinski definition) is 6. The fourth-order valence-electron chi connectivity index (χ4n) is 3.64. The average molecular weight is 379 g/mol. The number of aromatic nitrogens is 2. The number of nitrogens with one attached hydrogen (secondary N) is 1. The first kappa shape index (κ1) is 18.2. The molecule has 0 saturated carbocycles. The molecular formula is C19H19BFN5O2. The highest BCUT2D eigenvalue weighted by Gasteiger charge is 2.26. The molecule has 9 heteroatoms. The van der Waals surface area contributed by atoms with Gasteiger partial charge in [0.25, 0.3) is 6.71 Å². The van der Waals surface area contributed by atoms with E-state index in [1.807, 2.05) is 0 Å². The third-order valence-electron chi connectivity index (χ3n) is 5.18. The number of ether oxygens (including phenoxy) is 1. The summed E-state index contributed by atoms with van der Waals surface area (Å²) in [5.41, 5.74) is 1.38. The number of nitrogens with zero attached hydrogens (tertiary/aromatic N) is 4. The highest BCUT2D eigenvalue weighted by molar-refractivity contribution is 6.67. The molecule has 28 heavy (non-hydrogen) atoms. The van der Waals surface area contributed by atoms with Crippen molar-refractivity contribution in [3.05, 3.63) is 36.3 Å². The van der Waals surface area contributed by atoms with Gasteiger partial charge in [0.2, 0.25) is 5.95 Å². The van der Waals surface area contributed by atoms with Crippen LogP contribution in [-0.4, -0.2) is 42.0 Å². The second kappa shape index (κ2) is 7.84. The van der Waals surface area contributed by atoms with Crippen molar-refractivity contribution >= 4 is 24.4 Å². The second-order valence-electron chi connectivity index (χ2n) is 7.03. The van der Waals surface area contributed by atoms with E-state index in [0.717, 1.165) is 31.7 Å². The summed E-state index contributed by atoms with van der Waals surface area (Å²) >= 11 is 0. The first-order valence-corrected chi connectivity index (χ1v) is 9.37. The van der Waals surface area contributed by atoms with Crippen LogP contribution in [0.1, 0.15) is 12.8 Å². The molecule has 1 aromatic heterocycles. The molecule has 0 atom stereocenters. The number of amides is 1. The number of benzene rings is 1. The molecule has 7 nitrogen and oxygen atoms in total. The van der Waals surface area contributed by atoms with E-state index >= 15 is 0 Å². The molecule has 2 aliphatic heterocycles. The second-order valence-corrected chi connectivity index (χ2v) is 7.03. The summed E-state index contributed by atoms with van der Waals surface area (Å²) in [6.07, 6.45) is 4.16.